The molecule has 1 aromatic carbocycles. The van der Waals surface area contributed by atoms with E-state index in [1.807, 2.05) is 6.07 Å². The zero-order chi connectivity index (χ0) is 15.0. The maximum absolute atomic E-state index is 12.7. The van der Waals surface area contributed by atoms with E-state index >= 15 is 0 Å². The number of anilines is 1. The normalized spacial score (nSPS) is 28.2. The van der Waals surface area contributed by atoms with E-state index in [2.05, 4.69) is 10.2 Å². The number of hydrogen-bond donors (Lipinski definition) is 1. The summed E-state index contributed by atoms with van der Waals surface area (Å²) >= 11 is 0. The van der Waals surface area contributed by atoms with Gasteiger partial charge in [-0.1, -0.05) is 0 Å². The summed E-state index contributed by atoms with van der Waals surface area (Å²) in [5.41, 5.74) is -0.207. The number of alkyl halides is 3. The molecule has 0 saturated carbocycles. The molecule has 3 rings (SSSR count). The number of piperidine rings is 1. The molecule has 2 aliphatic heterocycles. The molecular formula is C15H16F3N3. The lowest BCUT2D eigenvalue weighted by Gasteiger charge is -2.32. The van der Waals surface area contributed by atoms with Crippen LogP contribution in [0.15, 0.2) is 18.2 Å². The van der Waals surface area contributed by atoms with E-state index in [1.165, 1.54) is 6.07 Å². The van der Waals surface area contributed by atoms with Crippen molar-refractivity contribution in [2.24, 2.45) is 5.92 Å². The highest BCUT2D eigenvalue weighted by Gasteiger charge is 2.35. The molecular weight excluding hydrogens is 279 g/mol. The van der Waals surface area contributed by atoms with E-state index in [0.717, 1.165) is 44.6 Å². The first-order chi connectivity index (χ1) is 9.97. The van der Waals surface area contributed by atoms with Crippen molar-refractivity contribution in [3.05, 3.63) is 29.3 Å². The maximum Gasteiger partial charge on any atom is 0.416 e. The molecule has 3 nitrogen and oxygen atoms in total. The van der Waals surface area contributed by atoms with E-state index < -0.39 is 11.7 Å². The third-order valence-electron chi connectivity index (χ3n) is 4.44. The molecule has 0 aromatic heterocycles. The molecule has 2 bridgehead atoms. The van der Waals surface area contributed by atoms with Gasteiger partial charge in [-0.05, 0) is 43.5 Å². The molecule has 0 spiro atoms. The van der Waals surface area contributed by atoms with Gasteiger partial charge in [-0.15, -0.1) is 0 Å². The molecule has 1 aromatic rings. The highest BCUT2D eigenvalue weighted by molar-refractivity contribution is 5.59. The van der Waals surface area contributed by atoms with Crippen LogP contribution in [0.25, 0.3) is 0 Å². The van der Waals surface area contributed by atoms with Gasteiger partial charge in [0.25, 0.3) is 0 Å². The number of rotatable bonds is 2. The first kappa shape index (κ1) is 14.2. The van der Waals surface area contributed by atoms with Gasteiger partial charge in [0.2, 0.25) is 0 Å². The molecule has 0 amide bonds. The third kappa shape index (κ3) is 2.84. The molecule has 0 aliphatic carbocycles. The Balaban J connectivity index is 1.81. The molecule has 21 heavy (non-hydrogen) atoms. The zero-order valence-corrected chi connectivity index (χ0v) is 11.5. The lowest BCUT2D eigenvalue weighted by atomic mass is 9.93. The first-order valence-electron chi connectivity index (χ1n) is 7.07. The topological polar surface area (TPSA) is 39.1 Å². The molecule has 3 unspecified atom stereocenters. The minimum absolute atomic E-state index is 0.0604. The van der Waals surface area contributed by atoms with Crippen molar-refractivity contribution in [1.29, 1.82) is 5.26 Å². The van der Waals surface area contributed by atoms with Gasteiger partial charge in [0.15, 0.2) is 0 Å². The summed E-state index contributed by atoms with van der Waals surface area (Å²) < 4.78 is 38.0. The molecule has 2 heterocycles. The molecule has 6 heteroatoms. The number of nitrogens with one attached hydrogen (secondary N) is 1. The average molecular weight is 295 g/mol. The van der Waals surface area contributed by atoms with Crippen molar-refractivity contribution in [1.82, 2.24) is 4.90 Å². The van der Waals surface area contributed by atoms with Gasteiger partial charge >= 0.3 is 6.18 Å². The van der Waals surface area contributed by atoms with Gasteiger partial charge in [0, 0.05) is 19.1 Å². The molecule has 3 atom stereocenters. The number of nitrogens with zero attached hydrogens (tertiary/aromatic N) is 2. The molecule has 112 valence electrons. The lowest BCUT2D eigenvalue weighted by Crippen LogP contribution is -2.39. The smallest absolute Gasteiger partial charge is 0.381 e. The average Bonchev–Trinajstić information content (AvgIpc) is 2.84. The monoisotopic (exact) mass is 295 g/mol. The zero-order valence-electron chi connectivity index (χ0n) is 11.5. The SMILES string of the molecule is N#Cc1cc(C(F)(F)F)ccc1NC1CCN2CCC1C2. The largest absolute Gasteiger partial charge is 0.416 e. The number of benzene rings is 1. The van der Waals surface area contributed by atoms with E-state index in [-0.39, 0.29) is 11.6 Å². The Labute approximate surface area is 121 Å². The van der Waals surface area contributed by atoms with Crippen molar-refractivity contribution < 1.29 is 13.2 Å². The van der Waals surface area contributed by atoms with Crippen LogP contribution in [-0.2, 0) is 6.18 Å². The standard InChI is InChI=1S/C15H16F3N3/c16-15(17,18)12-1-2-13(11(7-12)8-19)20-14-4-6-21-5-3-10(14)9-21/h1-2,7,10,14,20H,3-6,9H2. The second-order valence-corrected chi connectivity index (χ2v) is 5.76. The summed E-state index contributed by atoms with van der Waals surface area (Å²) in [5, 5.41) is 12.4. The van der Waals surface area contributed by atoms with Crippen LogP contribution in [0, 0.1) is 17.2 Å². The molecule has 1 N–H and O–H groups in total. The molecule has 0 radical (unpaired) electrons. The number of fused-ring (bicyclic) bond motifs is 2. The van der Waals surface area contributed by atoms with Gasteiger partial charge in [-0.2, -0.15) is 18.4 Å². The Hall–Kier alpha value is -1.74. The van der Waals surface area contributed by atoms with Crippen LogP contribution in [0.2, 0.25) is 0 Å². The van der Waals surface area contributed by atoms with Crippen LogP contribution in [-0.4, -0.2) is 30.6 Å². The third-order valence-corrected chi connectivity index (χ3v) is 4.44. The highest BCUT2D eigenvalue weighted by atomic mass is 19.4. The van der Waals surface area contributed by atoms with Crippen LogP contribution < -0.4 is 5.32 Å². The fraction of sp³-hybridized carbons (Fsp3) is 0.533. The summed E-state index contributed by atoms with van der Waals surface area (Å²) in [4.78, 5) is 2.40. The minimum Gasteiger partial charge on any atom is -0.381 e. The van der Waals surface area contributed by atoms with E-state index in [9.17, 15) is 13.2 Å². The Morgan fingerprint density at radius 1 is 1.24 bits per heavy atom. The van der Waals surface area contributed by atoms with Crippen molar-refractivity contribution in [2.75, 3.05) is 25.0 Å². The van der Waals surface area contributed by atoms with Crippen LogP contribution in [0.1, 0.15) is 24.0 Å². The Bertz CT molecular complexity index is 577. The quantitative estimate of drug-likeness (QED) is 0.911. The summed E-state index contributed by atoms with van der Waals surface area (Å²) in [6, 6.07) is 5.45. The van der Waals surface area contributed by atoms with Crippen LogP contribution in [0.4, 0.5) is 18.9 Å². The maximum atomic E-state index is 12.7. The van der Waals surface area contributed by atoms with Gasteiger partial charge in [0.1, 0.15) is 6.07 Å². The summed E-state index contributed by atoms with van der Waals surface area (Å²) in [5.74, 6) is 0.521. The van der Waals surface area contributed by atoms with Crippen LogP contribution in [0.3, 0.4) is 0 Å². The second-order valence-electron chi connectivity index (χ2n) is 5.76. The van der Waals surface area contributed by atoms with Gasteiger partial charge in [-0.25, -0.2) is 0 Å². The van der Waals surface area contributed by atoms with E-state index in [1.54, 1.807) is 0 Å². The summed E-state index contributed by atoms with van der Waals surface area (Å²) in [6.07, 6.45) is -2.34. The number of halogens is 3. The van der Waals surface area contributed by atoms with Gasteiger partial charge in [0.05, 0.1) is 16.8 Å². The Kier molecular flexibility index (Phi) is 3.54. The lowest BCUT2D eigenvalue weighted by molar-refractivity contribution is -0.137. The van der Waals surface area contributed by atoms with Crippen molar-refractivity contribution in [3.63, 3.8) is 0 Å². The molecule has 2 fully saturated rings. The Morgan fingerprint density at radius 3 is 2.71 bits per heavy atom. The number of nitriles is 1. The van der Waals surface area contributed by atoms with Gasteiger partial charge < -0.3 is 10.2 Å². The fourth-order valence-electron chi connectivity index (χ4n) is 3.28. The van der Waals surface area contributed by atoms with E-state index in [0.29, 0.717) is 11.6 Å². The Morgan fingerprint density at radius 2 is 2.00 bits per heavy atom. The second kappa shape index (κ2) is 5.23. The van der Waals surface area contributed by atoms with Crippen molar-refractivity contribution in [3.8, 4) is 6.07 Å². The van der Waals surface area contributed by atoms with Crippen LogP contribution in [0.5, 0.6) is 0 Å². The minimum atomic E-state index is -4.42. The predicted molar refractivity (Wildman–Crippen MR) is 72.7 cm³/mol. The first-order valence-corrected chi connectivity index (χ1v) is 7.07. The van der Waals surface area contributed by atoms with Crippen molar-refractivity contribution >= 4 is 5.69 Å². The highest BCUT2D eigenvalue weighted by Crippen LogP contribution is 2.34. The molecule has 2 saturated heterocycles. The molecule has 2 aliphatic rings. The van der Waals surface area contributed by atoms with Crippen LogP contribution >= 0.6 is 0 Å². The van der Waals surface area contributed by atoms with Crippen molar-refractivity contribution in [2.45, 2.75) is 25.1 Å². The summed E-state index contributed by atoms with van der Waals surface area (Å²) in [7, 11) is 0. The predicted octanol–water partition coefficient (Wildman–Crippen LogP) is 3.08. The summed E-state index contributed by atoms with van der Waals surface area (Å²) in [6.45, 7) is 3.15. The van der Waals surface area contributed by atoms with E-state index in [4.69, 9.17) is 5.26 Å². The van der Waals surface area contributed by atoms with Gasteiger partial charge in [-0.3, -0.25) is 0 Å². The number of hydrogen-bond acceptors (Lipinski definition) is 3. The fourth-order valence-corrected chi connectivity index (χ4v) is 3.28.